The van der Waals surface area contributed by atoms with E-state index in [1.54, 1.807) is 21.1 Å². The van der Waals surface area contributed by atoms with Crippen LogP contribution >= 0.6 is 12.4 Å². The predicted octanol–water partition coefficient (Wildman–Crippen LogP) is 2.66. The van der Waals surface area contributed by atoms with Crippen LogP contribution in [0.4, 0.5) is 0 Å². The number of aliphatic hydroxyl groups is 1. The second kappa shape index (κ2) is 6.79. The van der Waals surface area contributed by atoms with Crippen LogP contribution in [0.25, 0.3) is 10.8 Å². The van der Waals surface area contributed by atoms with Crippen molar-refractivity contribution in [2.45, 2.75) is 19.1 Å². The summed E-state index contributed by atoms with van der Waals surface area (Å²) in [6.07, 6.45) is -0.774. The average molecular weight is 298 g/mol. The summed E-state index contributed by atoms with van der Waals surface area (Å²) < 4.78 is 10.7. The minimum absolute atomic E-state index is 0. The van der Waals surface area contributed by atoms with Crippen LogP contribution in [-0.2, 0) is 0 Å². The van der Waals surface area contributed by atoms with E-state index in [9.17, 15) is 5.11 Å². The molecule has 2 aromatic carbocycles. The number of hydrogen-bond acceptors (Lipinski definition) is 4. The van der Waals surface area contributed by atoms with E-state index >= 15 is 0 Å². The molecule has 5 heteroatoms. The van der Waals surface area contributed by atoms with Gasteiger partial charge < -0.3 is 20.3 Å². The van der Waals surface area contributed by atoms with Crippen molar-refractivity contribution >= 4 is 23.2 Å². The monoisotopic (exact) mass is 297 g/mol. The van der Waals surface area contributed by atoms with E-state index in [4.69, 9.17) is 15.2 Å². The molecule has 110 valence electrons. The molecule has 0 aliphatic rings. The number of nitrogens with two attached hydrogens (primary N) is 1. The third-order valence-corrected chi connectivity index (χ3v) is 3.23. The van der Waals surface area contributed by atoms with E-state index in [1.807, 2.05) is 30.3 Å². The molecule has 2 unspecified atom stereocenters. The average Bonchev–Trinajstić information content (AvgIpc) is 2.44. The molecule has 2 rings (SSSR count). The van der Waals surface area contributed by atoms with Gasteiger partial charge in [-0.3, -0.25) is 0 Å². The molecule has 2 atom stereocenters. The zero-order chi connectivity index (χ0) is 14.0. The van der Waals surface area contributed by atoms with Crippen molar-refractivity contribution in [3.05, 3.63) is 35.9 Å². The Morgan fingerprint density at radius 2 is 1.75 bits per heavy atom. The van der Waals surface area contributed by atoms with Crippen LogP contribution in [0.5, 0.6) is 11.5 Å². The Hall–Kier alpha value is -1.49. The standard InChI is InChI=1S/C15H19NO3.ClH/c1-9(16)15(17)12-8-11-10(7-14(12)19-3)5-4-6-13(11)18-2;/h4-9,15,17H,16H2,1-3H3;1H. The molecule has 2 aromatic rings. The predicted molar refractivity (Wildman–Crippen MR) is 82.9 cm³/mol. The molecule has 0 bridgehead atoms. The highest BCUT2D eigenvalue weighted by atomic mass is 35.5. The van der Waals surface area contributed by atoms with Gasteiger partial charge in [-0.2, -0.15) is 0 Å². The zero-order valence-corrected chi connectivity index (χ0v) is 12.6. The lowest BCUT2D eigenvalue weighted by Crippen LogP contribution is -2.24. The Labute approximate surface area is 124 Å². The van der Waals surface area contributed by atoms with E-state index in [0.29, 0.717) is 11.3 Å². The Morgan fingerprint density at radius 3 is 2.30 bits per heavy atom. The SMILES string of the molecule is COc1cc2cccc(OC)c2cc1C(O)C(C)N.Cl. The van der Waals surface area contributed by atoms with Gasteiger partial charge >= 0.3 is 0 Å². The summed E-state index contributed by atoms with van der Waals surface area (Å²) in [5.74, 6) is 1.39. The van der Waals surface area contributed by atoms with Crippen LogP contribution in [0.2, 0.25) is 0 Å². The van der Waals surface area contributed by atoms with Gasteiger partial charge in [0.05, 0.1) is 20.3 Å². The van der Waals surface area contributed by atoms with Crippen LogP contribution in [0.15, 0.2) is 30.3 Å². The van der Waals surface area contributed by atoms with Gasteiger partial charge in [0, 0.05) is 17.0 Å². The molecule has 0 saturated carbocycles. The van der Waals surface area contributed by atoms with E-state index in [0.717, 1.165) is 16.5 Å². The highest BCUT2D eigenvalue weighted by molar-refractivity contribution is 5.90. The minimum Gasteiger partial charge on any atom is -0.496 e. The number of aliphatic hydroxyl groups excluding tert-OH is 1. The van der Waals surface area contributed by atoms with Gasteiger partial charge in [-0.05, 0) is 30.5 Å². The Morgan fingerprint density at radius 1 is 1.10 bits per heavy atom. The summed E-state index contributed by atoms with van der Waals surface area (Å²) in [5.41, 5.74) is 6.44. The Bertz CT molecular complexity index is 587. The van der Waals surface area contributed by atoms with E-state index in [2.05, 4.69) is 0 Å². The third kappa shape index (κ3) is 2.98. The van der Waals surface area contributed by atoms with Crippen molar-refractivity contribution in [3.63, 3.8) is 0 Å². The normalized spacial score (nSPS) is 13.4. The van der Waals surface area contributed by atoms with Gasteiger partial charge in [0.25, 0.3) is 0 Å². The first-order valence-corrected chi connectivity index (χ1v) is 6.16. The lowest BCUT2D eigenvalue weighted by molar-refractivity contribution is 0.149. The maximum absolute atomic E-state index is 10.2. The van der Waals surface area contributed by atoms with E-state index in [-0.39, 0.29) is 18.4 Å². The molecule has 0 spiro atoms. The second-order valence-corrected chi connectivity index (χ2v) is 4.58. The Balaban J connectivity index is 0.00000200. The number of hydrogen-bond donors (Lipinski definition) is 2. The number of methoxy groups -OCH3 is 2. The molecular weight excluding hydrogens is 278 g/mol. The topological polar surface area (TPSA) is 64.7 Å². The molecule has 20 heavy (non-hydrogen) atoms. The third-order valence-electron chi connectivity index (χ3n) is 3.23. The van der Waals surface area contributed by atoms with Crippen molar-refractivity contribution in [1.82, 2.24) is 0 Å². The van der Waals surface area contributed by atoms with Crippen LogP contribution in [0, 0.1) is 0 Å². The second-order valence-electron chi connectivity index (χ2n) is 4.58. The summed E-state index contributed by atoms with van der Waals surface area (Å²) in [6, 6.07) is 9.17. The summed E-state index contributed by atoms with van der Waals surface area (Å²) in [5, 5.41) is 12.1. The van der Waals surface area contributed by atoms with Gasteiger partial charge in [0.1, 0.15) is 11.5 Å². The van der Waals surface area contributed by atoms with Crippen LogP contribution in [0.3, 0.4) is 0 Å². The highest BCUT2D eigenvalue weighted by Crippen LogP contribution is 2.35. The smallest absolute Gasteiger partial charge is 0.126 e. The summed E-state index contributed by atoms with van der Waals surface area (Å²) in [6.45, 7) is 1.76. The van der Waals surface area contributed by atoms with Gasteiger partial charge in [-0.25, -0.2) is 0 Å². The first-order valence-electron chi connectivity index (χ1n) is 6.16. The maximum Gasteiger partial charge on any atom is 0.126 e. The van der Waals surface area contributed by atoms with Crippen LogP contribution in [0.1, 0.15) is 18.6 Å². The number of halogens is 1. The molecule has 0 fully saturated rings. The molecule has 0 radical (unpaired) electrons. The fourth-order valence-corrected chi connectivity index (χ4v) is 2.16. The van der Waals surface area contributed by atoms with Crippen molar-refractivity contribution in [3.8, 4) is 11.5 Å². The zero-order valence-electron chi connectivity index (χ0n) is 11.8. The number of fused-ring (bicyclic) bond motifs is 1. The molecule has 0 heterocycles. The fraction of sp³-hybridized carbons (Fsp3) is 0.333. The first-order chi connectivity index (χ1) is 9.08. The first kappa shape index (κ1) is 16.6. The van der Waals surface area contributed by atoms with Crippen molar-refractivity contribution in [2.24, 2.45) is 5.73 Å². The van der Waals surface area contributed by atoms with Gasteiger partial charge in [0.15, 0.2) is 0 Å². The fourth-order valence-electron chi connectivity index (χ4n) is 2.16. The number of benzene rings is 2. The minimum atomic E-state index is -0.774. The maximum atomic E-state index is 10.2. The van der Waals surface area contributed by atoms with E-state index < -0.39 is 6.10 Å². The van der Waals surface area contributed by atoms with Crippen LogP contribution in [-0.4, -0.2) is 25.4 Å². The number of rotatable bonds is 4. The van der Waals surface area contributed by atoms with Gasteiger partial charge in [-0.15, -0.1) is 12.4 Å². The van der Waals surface area contributed by atoms with E-state index in [1.165, 1.54) is 0 Å². The van der Waals surface area contributed by atoms with Crippen LogP contribution < -0.4 is 15.2 Å². The Kier molecular flexibility index (Phi) is 5.62. The summed E-state index contributed by atoms with van der Waals surface area (Å²) in [7, 11) is 3.21. The summed E-state index contributed by atoms with van der Waals surface area (Å²) >= 11 is 0. The molecule has 0 saturated heterocycles. The lowest BCUT2D eigenvalue weighted by atomic mass is 9.98. The largest absolute Gasteiger partial charge is 0.496 e. The quantitative estimate of drug-likeness (QED) is 0.910. The molecule has 0 aliphatic carbocycles. The molecule has 4 nitrogen and oxygen atoms in total. The lowest BCUT2D eigenvalue weighted by Gasteiger charge is -2.19. The molecule has 0 aliphatic heterocycles. The van der Waals surface area contributed by atoms with Gasteiger partial charge in [-0.1, -0.05) is 12.1 Å². The highest BCUT2D eigenvalue weighted by Gasteiger charge is 2.19. The molecule has 0 aromatic heterocycles. The van der Waals surface area contributed by atoms with Gasteiger partial charge in [0.2, 0.25) is 0 Å². The van der Waals surface area contributed by atoms with Crippen molar-refractivity contribution < 1.29 is 14.6 Å². The molecular formula is C15H20ClNO3. The summed E-state index contributed by atoms with van der Waals surface area (Å²) in [4.78, 5) is 0. The van der Waals surface area contributed by atoms with Crippen molar-refractivity contribution in [1.29, 1.82) is 0 Å². The number of ether oxygens (including phenoxy) is 2. The molecule has 3 N–H and O–H groups in total. The van der Waals surface area contributed by atoms with Crippen molar-refractivity contribution in [2.75, 3.05) is 14.2 Å². The molecule has 0 amide bonds.